The Morgan fingerprint density at radius 2 is 1.55 bits per heavy atom. The van der Waals surface area contributed by atoms with E-state index in [0.717, 1.165) is 18.7 Å². The summed E-state index contributed by atoms with van der Waals surface area (Å²) in [5.74, 6) is -0.484. The molecule has 0 spiro atoms. The molecule has 0 heterocycles. The molecular formula is C23H30N4O4. The highest BCUT2D eigenvalue weighted by atomic mass is 16.6. The molecule has 0 unspecified atom stereocenters. The average Bonchev–Trinajstić information content (AvgIpc) is 2.79. The van der Waals surface area contributed by atoms with E-state index < -0.39 is 4.92 Å². The molecule has 8 heteroatoms. The van der Waals surface area contributed by atoms with Gasteiger partial charge in [0.1, 0.15) is 6.54 Å². The third-order valence-electron chi connectivity index (χ3n) is 5.21. The van der Waals surface area contributed by atoms with Gasteiger partial charge in [-0.3, -0.25) is 19.7 Å². The van der Waals surface area contributed by atoms with Crippen LogP contribution in [-0.4, -0.2) is 71.2 Å². The molecule has 0 atom stereocenters. The summed E-state index contributed by atoms with van der Waals surface area (Å²) < 4.78 is 0. The molecule has 0 aromatic heterocycles. The van der Waals surface area contributed by atoms with Gasteiger partial charge in [-0.25, -0.2) is 0 Å². The van der Waals surface area contributed by atoms with E-state index in [1.165, 1.54) is 29.2 Å². The molecule has 2 amide bonds. The SMILES string of the molecule is CCN(CC)CCN(CC(=O)N(C)Cc1ccccc1)C(=O)c1ccc([N+](=O)[O-])cc1. The van der Waals surface area contributed by atoms with Crippen molar-refractivity contribution in [1.29, 1.82) is 0 Å². The van der Waals surface area contributed by atoms with Crippen molar-refractivity contribution in [3.05, 3.63) is 75.8 Å². The second kappa shape index (κ2) is 11.8. The molecule has 0 radical (unpaired) electrons. The van der Waals surface area contributed by atoms with Crippen LogP contribution in [-0.2, 0) is 11.3 Å². The second-order valence-corrected chi connectivity index (χ2v) is 7.29. The molecule has 31 heavy (non-hydrogen) atoms. The number of hydrogen-bond donors (Lipinski definition) is 0. The minimum absolute atomic E-state index is 0.0551. The molecule has 0 aliphatic heterocycles. The van der Waals surface area contributed by atoms with Gasteiger partial charge < -0.3 is 14.7 Å². The Bertz CT molecular complexity index is 867. The Kier molecular flexibility index (Phi) is 9.14. The fraction of sp³-hybridized carbons (Fsp3) is 0.391. The number of carbonyl (C=O) groups excluding carboxylic acids is 2. The summed E-state index contributed by atoms with van der Waals surface area (Å²) in [7, 11) is 1.72. The molecular weight excluding hydrogens is 396 g/mol. The summed E-state index contributed by atoms with van der Waals surface area (Å²) in [5.41, 5.74) is 1.25. The zero-order valence-electron chi connectivity index (χ0n) is 18.4. The molecule has 2 aromatic rings. The first kappa shape index (κ1) is 24.0. The Morgan fingerprint density at radius 1 is 0.935 bits per heavy atom. The zero-order chi connectivity index (χ0) is 22.8. The van der Waals surface area contributed by atoms with E-state index in [2.05, 4.69) is 4.90 Å². The maximum atomic E-state index is 13.1. The van der Waals surface area contributed by atoms with E-state index in [0.29, 0.717) is 25.2 Å². The van der Waals surface area contributed by atoms with Crippen LogP contribution < -0.4 is 0 Å². The average molecular weight is 427 g/mol. The van der Waals surface area contributed by atoms with Crippen molar-refractivity contribution in [2.45, 2.75) is 20.4 Å². The van der Waals surface area contributed by atoms with E-state index >= 15 is 0 Å². The molecule has 2 rings (SSSR count). The molecule has 0 saturated carbocycles. The van der Waals surface area contributed by atoms with Crippen molar-refractivity contribution < 1.29 is 14.5 Å². The van der Waals surface area contributed by atoms with Crippen LogP contribution in [0.3, 0.4) is 0 Å². The van der Waals surface area contributed by atoms with Crippen LogP contribution in [0.25, 0.3) is 0 Å². The van der Waals surface area contributed by atoms with E-state index in [1.54, 1.807) is 11.9 Å². The number of rotatable bonds is 11. The van der Waals surface area contributed by atoms with E-state index in [4.69, 9.17) is 0 Å². The van der Waals surface area contributed by atoms with Gasteiger partial charge in [-0.15, -0.1) is 0 Å². The van der Waals surface area contributed by atoms with Crippen molar-refractivity contribution in [3.8, 4) is 0 Å². The number of nitro benzene ring substituents is 1. The number of amides is 2. The fourth-order valence-corrected chi connectivity index (χ4v) is 3.19. The topological polar surface area (TPSA) is 87.0 Å². The lowest BCUT2D eigenvalue weighted by Gasteiger charge is -2.28. The molecule has 0 aliphatic carbocycles. The third-order valence-corrected chi connectivity index (χ3v) is 5.21. The minimum atomic E-state index is -0.505. The monoisotopic (exact) mass is 426 g/mol. The van der Waals surface area contributed by atoms with Crippen LogP contribution in [0.15, 0.2) is 54.6 Å². The smallest absolute Gasteiger partial charge is 0.269 e. The highest BCUT2D eigenvalue weighted by Gasteiger charge is 2.22. The summed E-state index contributed by atoms with van der Waals surface area (Å²) in [4.78, 5) is 41.6. The Hall–Kier alpha value is -3.26. The van der Waals surface area contributed by atoms with Crippen molar-refractivity contribution >= 4 is 17.5 Å². The molecule has 0 N–H and O–H groups in total. The van der Waals surface area contributed by atoms with Crippen LogP contribution in [0.4, 0.5) is 5.69 Å². The van der Waals surface area contributed by atoms with Crippen molar-refractivity contribution in [2.75, 3.05) is 39.8 Å². The first-order valence-electron chi connectivity index (χ1n) is 10.4. The fourth-order valence-electron chi connectivity index (χ4n) is 3.19. The van der Waals surface area contributed by atoms with Crippen LogP contribution in [0, 0.1) is 10.1 Å². The highest BCUT2D eigenvalue weighted by Crippen LogP contribution is 2.14. The van der Waals surface area contributed by atoms with Gasteiger partial charge in [-0.2, -0.15) is 0 Å². The third kappa shape index (κ3) is 7.18. The predicted molar refractivity (Wildman–Crippen MR) is 120 cm³/mol. The lowest BCUT2D eigenvalue weighted by Crippen LogP contribution is -2.44. The number of benzene rings is 2. The second-order valence-electron chi connectivity index (χ2n) is 7.29. The highest BCUT2D eigenvalue weighted by molar-refractivity contribution is 5.96. The molecule has 166 valence electrons. The van der Waals surface area contributed by atoms with Gasteiger partial charge in [0.05, 0.1) is 4.92 Å². The maximum Gasteiger partial charge on any atom is 0.269 e. The van der Waals surface area contributed by atoms with Gasteiger partial charge >= 0.3 is 0 Å². The molecule has 0 fully saturated rings. The van der Waals surface area contributed by atoms with Crippen LogP contribution >= 0.6 is 0 Å². The minimum Gasteiger partial charge on any atom is -0.340 e. The first-order valence-corrected chi connectivity index (χ1v) is 10.4. The van der Waals surface area contributed by atoms with Crippen molar-refractivity contribution in [2.24, 2.45) is 0 Å². The van der Waals surface area contributed by atoms with Crippen LogP contribution in [0.5, 0.6) is 0 Å². The van der Waals surface area contributed by atoms with Crippen molar-refractivity contribution in [1.82, 2.24) is 14.7 Å². The Morgan fingerprint density at radius 3 is 2.10 bits per heavy atom. The van der Waals surface area contributed by atoms with E-state index in [-0.39, 0.29) is 24.0 Å². The number of non-ortho nitro benzene ring substituents is 1. The van der Waals surface area contributed by atoms with E-state index in [9.17, 15) is 19.7 Å². The summed E-state index contributed by atoms with van der Waals surface area (Å²) in [5, 5.41) is 10.9. The van der Waals surface area contributed by atoms with Crippen LogP contribution in [0.2, 0.25) is 0 Å². The number of likely N-dealkylation sites (N-methyl/N-ethyl adjacent to an activating group) is 2. The van der Waals surface area contributed by atoms with Gasteiger partial charge in [0.2, 0.25) is 5.91 Å². The summed E-state index contributed by atoms with van der Waals surface area (Å²) in [6.07, 6.45) is 0. The quantitative estimate of drug-likeness (QED) is 0.407. The standard InChI is InChI=1S/C23H30N4O4/c1-4-25(5-2)15-16-26(23(29)20-11-13-21(14-12-20)27(30)31)18-22(28)24(3)17-19-9-7-6-8-10-19/h6-14H,4-5,15-18H2,1-3H3. The normalized spacial score (nSPS) is 10.7. The predicted octanol–water partition coefficient (Wildman–Crippen LogP) is 3.04. The molecule has 0 saturated heterocycles. The Balaban J connectivity index is 2.13. The number of nitrogens with zero attached hydrogens (tertiary/aromatic N) is 4. The van der Waals surface area contributed by atoms with Crippen LogP contribution in [0.1, 0.15) is 29.8 Å². The summed E-state index contributed by atoms with van der Waals surface area (Å²) in [6, 6.07) is 15.1. The number of carbonyl (C=O) groups is 2. The van der Waals surface area contributed by atoms with Gasteiger partial charge in [-0.05, 0) is 30.8 Å². The zero-order valence-corrected chi connectivity index (χ0v) is 18.4. The molecule has 0 bridgehead atoms. The molecule has 0 aliphatic rings. The maximum absolute atomic E-state index is 13.1. The molecule has 8 nitrogen and oxygen atoms in total. The number of hydrogen-bond acceptors (Lipinski definition) is 5. The number of nitro groups is 1. The van der Waals surface area contributed by atoms with Gasteiger partial charge in [-0.1, -0.05) is 44.2 Å². The molecule has 2 aromatic carbocycles. The first-order chi connectivity index (χ1) is 14.8. The summed E-state index contributed by atoms with van der Waals surface area (Å²) in [6.45, 7) is 7.21. The lowest BCUT2D eigenvalue weighted by molar-refractivity contribution is -0.384. The van der Waals surface area contributed by atoms with Gasteiger partial charge in [0.25, 0.3) is 11.6 Å². The van der Waals surface area contributed by atoms with E-state index in [1.807, 2.05) is 44.2 Å². The van der Waals surface area contributed by atoms with Crippen molar-refractivity contribution in [3.63, 3.8) is 0 Å². The Labute approximate surface area is 183 Å². The van der Waals surface area contributed by atoms with Gasteiger partial charge in [0.15, 0.2) is 0 Å². The summed E-state index contributed by atoms with van der Waals surface area (Å²) >= 11 is 0. The lowest BCUT2D eigenvalue weighted by atomic mass is 10.1. The largest absolute Gasteiger partial charge is 0.340 e. The van der Waals surface area contributed by atoms with Gasteiger partial charge in [0, 0.05) is 44.4 Å².